The molecular weight excluding hydrogens is 310 g/mol. The van der Waals surface area contributed by atoms with Gasteiger partial charge in [0, 0.05) is 16.9 Å². The average Bonchev–Trinajstić information content (AvgIpc) is 2.99. The first-order valence-corrected chi connectivity index (χ1v) is 7.57. The molecule has 1 aromatic heterocycles. The maximum absolute atomic E-state index is 5.79. The number of hydrogen-bond donors (Lipinski definition) is 1. The Morgan fingerprint density at radius 3 is 2.94 bits per heavy atom. The fourth-order valence-electron chi connectivity index (χ4n) is 2.40. The first-order valence-electron chi connectivity index (χ1n) is 5.96. The zero-order valence-electron chi connectivity index (χ0n) is 10.1. The number of para-hydroxylation sites is 1. The van der Waals surface area contributed by atoms with E-state index in [4.69, 9.17) is 4.74 Å². The average molecular weight is 324 g/mol. The van der Waals surface area contributed by atoms with Gasteiger partial charge in [-0.25, -0.2) is 0 Å². The van der Waals surface area contributed by atoms with Crippen LogP contribution >= 0.6 is 27.3 Å². The normalized spacial score (nSPS) is 15.2. The first-order chi connectivity index (χ1) is 8.79. The van der Waals surface area contributed by atoms with Gasteiger partial charge in [0.15, 0.2) is 0 Å². The highest BCUT2D eigenvalue weighted by atomic mass is 79.9. The lowest BCUT2D eigenvalue weighted by Gasteiger charge is -2.18. The topological polar surface area (TPSA) is 21.3 Å². The number of benzene rings is 1. The fraction of sp³-hybridized carbons (Fsp3) is 0.286. The zero-order valence-corrected chi connectivity index (χ0v) is 12.5. The van der Waals surface area contributed by atoms with E-state index in [2.05, 4.69) is 51.6 Å². The SMILES string of the molecule is CNC(c1ccc(Br)s1)c1cccc2c1OCC2. The molecule has 1 unspecified atom stereocenters. The van der Waals surface area contributed by atoms with Gasteiger partial charge in [0.25, 0.3) is 0 Å². The number of ether oxygens (including phenoxy) is 1. The predicted molar refractivity (Wildman–Crippen MR) is 78.6 cm³/mol. The summed E-state index contributed by atoms with van der Waals surface area (Å²) in [6, 6.07) is 10.9. The number of thiophene rings is 1. The summed E-state index contributed by atoms with van der Waals surface area (Å²) < 4.78 is 6.95. The first kappa shape index (κ1) is 12.2. The minimum Gasteiger partial charge on any atom is -0.493 e. The predicted octanol–water partition coefficient (Wildman–Crippen LogP) is 3.75. The summed E-state index contributed by atoms with van der Waals surface area (Å²) in [5.74, 6) is 1.07. The second kappa shape index (κ2) is 5.03. The Labute approximate surface area is 119 Å². The maximum Gasteiger partial charge on any atom is 0.127 e. The molecule has 0 saturated carbocycles. The van der Waals surface area contributed by atoms with Crippen molar-refractivity contribution in [1.29, 1.82) is 0 Å². The summed E-state index contributed by atoms with van der Waals surface area (Å²) in [5.41, 5.74) is 2.56. The zero-order chi connectivity index (χ0) is 12.5. The molecule has 1 aliphatic rings. The molecule has 2 nitrogen and oxygen atoms in total. The van der Waals surface area contributed by atoms with Crippen molar-refractivity contribution in [3.8, 4) is 5.75 Å². The second-order valence-corrected chi connectivity index (χ2v) is 6.79. The van der Waals surface area contributed by atoms with Crippen molar-refractivity contribution in [2.75, 3.05) is 13.7 Å². The maximum atomic E-state index is 5.79. The van der Waals surface area contributed by atoms with Crippen LogP contribution in [0.25, 0.3) is 0 Å². The van der Waals surface area contributed by atoms with Gasteiger partial charge in [-0.15, -0.1) is 11.3 Å². The molecule has 0 radical (unpaired) electrons. The van der Waals surface area contributed by atoms with E-state index in [9.17, 15) is 0 Å². The van der Waals surface area contributed by atoms with Crippen LogP contribution in [0.1, 0.15) is 22.0 Å². The Morgan fingerprint density at radius 1 is 1.33 bits per heavy atom. The molecule has 1 aromatic carbocycles. The van der Waals surface area contributed by atoms with E-state index in [0.717, 1.165) is 22.6 Å². The number of rotatable bonds is 3. The smallest absolute Gasteiger partial charge is 0.127 e. The molecule has 2 heterocycles. The Kier molecular flexibility index (Phi) is 3.41. The van der Waals surface area contributed by atoms with Gasteiger partial charge in [-0.05, 0) is 40.7 Å². The summed E-state index contributed by atoms with van der Waals surface area (Å²) in [6.07, 6.45) is 1.02. The lowest BCUT2D eigenvalue weighted by Crippen LogP contribution is -2.17. The molecule has 3 rings (SSSR count). The van der Waals surface area contributed by atoms with Crippen LogP contribution in [0.4, 0.5) is 0 Å². The molecule has 0 bridgehead atoms. The molecular formula is C14H14BrNOS. The molecule has 94 valence electrons. The van der Waals surface area contributed by atoms with E-state index < -0.39 is 0 Å². The Bertz CT molecular complexity index is 567. The molecule has 1 N–H and O–H groups in total. The van der Waals surface area contributed by atoms with Crippen LogP contribution in [-0.4, -0.2) is 13.7 Å². The lowest BCUT2D eigenvalue weighted by molar-refractivity contribution is 0.351. The van der Waals surface area contributed by atoms with E-state index in [1.807, 2.05) is 7.05 Å². The van der Waals surface area contributed by atoms with Gasteiger partial charge in [-0.2, -0.15) is 0 Å². The summed E-state index contributed by atoms with van der Waals surface area (Å²) in [7, 11) is 1.99. The van der Waals surface area contributed by atoms with Gasteiger partial charge < -0.3 is 10.1 Å². The van der Waals surface area contributed by atoms with Gasteiger partial charge in [-0.3, -0.25) is 0 Å². The Morgan fingerprint density at radius 2 is 2.22 bits per heavy atom. The summed E-state index contributed by atoms with van der Waals surface area (Å²) in [4.78, 5) is 1.30. The number of nitrogens with one attached hydrogen (secondary N) is 1. The molecule has 0 saturated heterocycles. The third kappa shape index (κ3) is 2.09. The minimum absolute atomic E-state index is 0.203. The highest BCUT2D eigenvalue weighted by Gasteiger charge is 2.23. The van der Waals surface area contributed by atoms with Crippen molar-refractivity contribution in [3.63, 3.8) is 0 Å². The van der Waals surface area contributed by atoms with Gasteiger partial charge in [0.2, 0.25) is 0 Å². The highest BCUT2D eigenvalue weighted by molar-refractivity contribution is 9.11. The quantitative estimate of drug-likeness (QED) is 0.928. The molecule has 0 aliphatic carbocycles. The van der Waals surface area contributed by atoms with E-state index in [-0.39, 0.29) is 6.04 Å². The molecule has 4 heteroatoms. The van der Waals surface area contributed by atoms with Crippen molar-refractivity contribution < 1.29 is 4.74 Å². The van der Waals surface area contributed by atoms with E-state index in [0.29, 0.717) is 0 Å². The monoisotopic (exact) mass is 323 g/mol. The minimum atomic E-state index is 0.203. The fourth-order valence-corrected chi connectivity index (χ4v) is 3.96. The van der Waals surface area contributed by atoms with E-state index in [1.165, 1.54) is 16.0 Å². The largest absolute Gasteiger partial charge is 0.493 e. The molecule has 0 fully saturated rings. The Balaban J connectivity index is 2.05. The van der Waals surface area contributed by atoms with Gasteiger partial charge >= 0.3 is 0 Å². The summed E-state index contributed by atoms with van der Waals surface area (Å²) >= 11 is 5.28. The third-order valence-electron chi connectivity index (χ3n) is 3.22. The van der Waals surface area contributed by atoms with E-state index >= 15 is 0 Å². The van der Waals surface area contributed by atoms with Crippen LogP contribution in [0.2, 0.25) is 0 Å². The summed E-state index contributed by atoms with van der Waals surface area (Å²) in [6.45, 7) is 0.802. The highest BCUT2D eigenvalue weighted by Crippen LogP contribution is 2.38. The van der Waals surface area contributed by atoms with Crippen molar-refractivity contribution in [2.45, 2.75) is 12.5 Å². The van der Waals surface area contributed by atoms with E-state index in [1.54, 1.807) is 11.3 Å². The van der Waals surface area contributed by atoms with Crippen LogP contribution in [0, 0.1) is 0 Å². The molecule has 2 aromatic rings. The number of hydrogen-bond acceptors (Lipinski definition) is 3. The second-order valence-electron chi connectivity index (χ2n) is 4.30. The van der Waals surface area contributed by atoms with Gasteiger partial charge in [-0.1, -0.05) is 18.2 Å². The van der Waals surface area contributed by atoms with Gasteiger partial charge in [0.1, 0.15) is 5.75 Å². The van der Waals surface area contributed by atoms with Crippen molar-refractivity contribution in [1.82, 2.24) is 5.32 Å². The molecule has 0 amide bonds. The van der Waals surface area contributed by atoms with Crippen molar-refractivity contribution in [2.24, 2.45) is 0 Å². The summed E-state index contributed by atoms with van der Waals surface area (Å²) in [5, 5.41) is 3.39. The number of halogens is 1. The van der Waals surface area contributed by atoms with Crippen LogP contribution in [0.15, 0.2) is 34.1 Å². The molecule has 1 atom stereocenters. The van der Waals surface area contributed by atoms with Gasteiger partial charge in [0.05, 0.1) is 16.4 Å². The van der Waals surface area contributed by atoms with Crippen LogP contribution < -0.4 is 10.1 Å². The van der Waals surface area contributed by atoms with Crippen LogP contribution in [0.3, 0.4) is 0 Å². The molecule has 18 heavy (non-hydrogen) atoms. The molecule has 0 spiro atoms. The van der Waals surface area contributed by atoms with Crippen molar-refractivity contribution >= 4 is 27.3 Å². The standard InChI is InChI=1S/C14H14BrNOS/c1-16-13(11-5-6-12(15)18-11)10-4-2-3-9-7-8-17-14(9)10/h2-6,13,16H,7-8H2,1H3. The van der Waals surface area contributed by atoms with Crippen molar-refractivity contribution in [3.05, 3.63) is 50.1 Å². The lowest BCUT2D eigenvalue weighted by atomic mass is 10.0. The van der Waals surface area contributed by atoms with Crippen LogP contribution in [0.5, 0.6) is 5.75 Å². The third-order valence-corrected chi connectivity index (χ3v) is 4.91. The molecule has 1 aliphatic heterocycles. The van der Waals surface area contributed by atoms with Crippen LogP contribution in [-0.2, 0) is 6.42 Å². The number of fused-ring (bicyclic) bond motifs is 1. The Hall–Kier alpha value is -0.840.